The first-order chi connectivity index (χ1) is 9.97. The number of hydrogen-bond acceptors (Lipinski definition) is 4. The van der Waals surface area contributed by atoms with Gasteiger partial charge in [-0.15, -0.1) is 0 Å². The van der Waals surface area contributed by atoms with Gasteiger partial charge in [0.15, 0.2) is 0 Å². The molecule has 0 fully saturated rings. The molecule has 2 amide bonds. The van der Waals surface area contributed by atoms with Crippen molar-refractivity contribution in [2.75, 3.05) is 6.54 Å². The third-order valence-corrected chi connectivity index (χ3v) is 4.21. The lowest BCUT2D eigenvalue weighted by molar-refractivity contribution is -0.383. The molecule has 3 rings (SSSR count). The lowest BCUT2D eigenvalue weighted by Gasteiger charge is -2.26. The average molecular weight is 349 g/mol. The van der Waals surface area contributed by atoms with E-state index >= 15 is 0 Å². The number of rotatable bonds is 2. The van der Waals surface area contributed by atoms with E-state index in [2.05, 4.69) is 15.9 Å². The van der Waals surface area contributed by atoms with Crippen LogP contribution in [0.4, 0.5) is 5.69 Å². The van der Waals surface area contributed by atoms with Gasteiger partial charge in [-0.25, -0.2) is 0 Å². The fourth-order valence-electron chi connectivity index (χ4n) is 2.62. The molecule has 0 saturated heterocycles. The number of amides is 2. The van der Waals surface area contributed by atoms with Crippen LogP contribution in [0.5, 0.6) is 0 Å². The van der Waals surface area contributed by atoms with Gasteiger partial charge in [-0.2, -0.15) is 0 Å². The molecule has 0 radical (unpaired) electrons. The van der Waals surface area contributed by atoms with E-state index in [1.54, 1.807) is 19.1 Å². The molecule has 1 heterocycles. The number of imide groups is 1. The number of halogens is 1. The maximum absolute atomic E-state index is 12.4. The van der Waals surface area contributed by atoms with Crippen molar-refractivity contribution in [3.05, 3.63) is 50.0 Å². The highest BCUT2D eigenvalue weighted by Gasteiger charge is 2.34. The highest BCUT2D eigenvalue weighted by molar-refractivity contribution is 9.10. The van der Waals surface area contributed by atoms with Crippen LogP contribution in [0, 0.1) is 10.1 Å². The number of nitrogens with zero attached hydrogens (tertiary/aromatic N) is 2. The van der Waals surface area contributed by atoms with E-state index in [0.717, 1.165) is 4.90 Å². The SMILES string of the molecule is CCN1C(=O)c2ccc(Br)c3c([N+](=O)[O-])ccc(c23)C1=O. The Balaban J connectivity index is 2.50. The van der Waals surface area contributed by atoms with Crippen molar-refractivity contribution in [1.82, 2.24) is 4.90 Å². The van der Waals surface area contributed by atoms with Crippen LogP contribution in [0.25, 0.3) is 10.8 Å². The number of carbonyl (C=O) groups is 2. The smallest absolute Gasteiger partial charge is 0.275 e. The van der Waals surface area contributed by atoms with E-state index in [1.165, 1.54) is 12.1 Å². The molecule has 0 aliphatic carbocycles. The van der Waals surface area contributed by atoms with Crippen molar-refractivity contribution >= 4 is 44.2 Å². The van der Waals surface area contributed by atoms with Gasteiger partial charge in [0.1, 0.15) is 0 Å². The standard InChI is InChI=1S/C14H9BrN2O4/c1-2-16-13(18)7-3-5-9(15)12-10(17(20)21)6-4-8(11(7)12)14(16)19/h3-6H,2H2,1H3. The van der Waals surface area contributed by atoms with Crippen LogP contribution >= 0.6 is 15.9 Å². The summed E-state index contributed by atoms with van der Waals surface area (Å²) in [5.74, 6) is -0.846. The van der Waals surface area contributed by atoms with Crippen LogP contribution in [-0.4, -0.2) is 28.2 Å². The van der Waals surface area contributed by atoms with Crippen LogP contribution in [-0.2, 0) is 0 Å². The molecule has 0 bridgehead atoms. The molecular weight excluding hydrogens is 340 g/mol. The minimum Gasteiger partial charge on any atom is -0.275 e. The summed E-state index contributed by atoms with van der Waals surface area (Å²) in [7, 11) is 0. The van der Waals surface area contributed by atoms with Crippen molar-refractivity contribution in [3.63, 3.8) is 0 Å². The predicted molar refractivity (Wildman–Crippen MR) is 79.3 cm³/mol. The molecule has 2 aromatic rings. The van der Waals surface area contributed by atoms with E-state index < -0.39 is 16.7 Å². The number of carbonyl (C=O) groups excluding carboxylic acids is 2. The second-order valence-corrected chi connectivity index (χ2v) is 5.44. The summed E-state index contributed by atoms with van der Waals surface area (Å²) in [6.45, 7) is 1.97. The minimum atomic E-state index is -0.519. The highest BCUT2D eigenvalue weighted by atomic mass is 79.9. The van der Waals surface area contributed by atoms with Gasteiger partial charge in [0.2, 0.25) is 0 Å². The predicted octanol–water partition coefficient (Wildman–Crippen LogP) is 3.13. The lowest BCUT2D eigenvalue weighted by atomic mass is 9.93. The van der Waals surface area contributed by atoms with Gasteiger partial charge < -0.3 is 0 Å². The molecule has 0 aromatic heterocycles. The fourth-order valence-corrected chi connectivity index (χ4v) is 3.15. The summed E-state index contributed by atoms with van der Waals surface area (Å²) < 4.78 is 0.486. The van der Waals surface area contributed by atoms with Crippen molar-refractivity contribution in [3.8, 4) is 0 Å². The summed E-state index contributed by atoms with van der Waals surface area (Å²) in [5.41, 5.74) is 0.495. The molecule has 106 valence electrons. The molecule has 0 N–H and O–H groups in total. The highest BCUT2D eigenvalue weighted by Crippen LogP contribution is 2.39. The Morgan fingerprint density at radius 3 is 2.19 bits per heavy atom. The van der Waals surface area contributed by atoms with Crippen LogP contribution in [0.2, 0.25) is 0 Å². The van der Waals surface area contributed by atoms with Crippen molar-refractivity contribution < 1.29 is 14.5 Å². The quantitative estimate of drug-likeness (QED) is 0.474. The average Bonchev–Trinajstić information content (AvgIpc) is 2.46. The zero-order valence-electron chi connectivity index (χ0n) is 10.9. The fraction of sp³-hybridized carbons (Fsp3) is 0.143. The zero-order valence-corrected chi connectivity index (χ0v) is 12.5. The van der Waals surface area contributed by atoms with Crippen molar-refractivity contribution in [2.24, 2.45) is 0 Å². The molecule has 0 spiro atoms. The third kappa shape index (κ3) is 1.77. The molecule has 6 nitrogen and oxygen atoms in total. The van der Waals surface area contributed by atoms with Gasteiger partial charge in [0.05, 0.1) is 10.3 Å². The first kappa shape index (κ1) is 13.7. The number of nitro benzene ring substituents is 1. The van der Waals surface area contributed by atoms with Gasteiger partial charge in [0, 0.05) is 33.6 Å². The molecule has 0 unspecified atom stereocenters. The topological polar surface area (TPSA) is 80.5 Å². The number of benzene rings is 2. The van der Waals surface area contributed by atoms with Crippen molar-refractivity contribution in [2.45, 2.75) is 6.92 Å². The normalized spacial score (nSPS) is 13.9. The summed E-state index contributed by atoms with van der Waals surface area (Å²) in [5, 5.41) is 11.8. The van der Waals surface area contributed by atoms with E-state index in [-0.39, 0.29) is 17.6 Å². The Bertz CT molecular complexity index is 809. The van der Waals surface area contributed by atoms with Crippen LogP contribution < -0.4 is 0 Å². The molecule has 21 heavy (non-hydrogen) atoms. The first-order valence-electron chi connectivity index (χ1n) is 6.23. The van der Waals surface area contributed by atoms with Gasteiger partial charge in [0.25, 0.3) is 17.5 Å². The lowest BCUT2D eigenvalue weighted by Crippen LogP contribution is -2.40. The Morgan fingerprint density at radius 2 is 1.67 bits per heavy atom. The summed E-state index contributed by atoms with van der Waals surface area (Å²) in [4.78, 5) is 36.5. The molecule has 2 aromatic carbocycles. The Morgan fingerprint density at radius 1 is 1.10 bits per heavy atom. The van der Waals surface area contributed by atoms with E-state index in [4.69, 9.17) is 0 Å². The molecule has 7 heteroatoms. The third-order valence-electron chi connectivity index (χ3n) is 3.55. The van der Waals surface area contributed by atoms with E-state index in [1.807, 2.05) is 0 Å². The molecule has 1 aliphatic rings. The van der Waals surface area contributed by atoms with E-state index in [0.29, 0.717) is 21.0 Å². The van der Waals surface area contributed by atoms with E-state index in [9.17, 15) is 19.7 Å². The Kier molecular flexibility index (Phi) is 3.02. The minimum absolute atomic E-state index is 0.131. The van der Waals surface area contributed by atoms with Crippen LogP contribution in [0.1, 0.15) is 27.6 Å². The molecule has 0 saturated carbocycles. The maximum Gasteiger partial charge on any atom is 0.278 e. The van der Waals surface area contributed by atoms with Crippen molar-refractivity contribution in [1.29, 1.82) is 0 Å². The Labute approximate surface area is 127 Å². The van der Waals surface area contributed by atoms with Gasteiger partial charge in [-0.05, 0) is 41.1 Å². The second kappa shape index (κ2) is 4.63. The number of hydrogen-bond donors (Lipinski definition) is 0. The summed E-state index contributed by atoms with van der Waals surface area (Å²) >= 11 is 3.27. The van der Waals surface area contributed by atoms with Gasteiger partial charge >= 0.3 is 0 Å². The van der Waals surface area contributed by atoms with Crippen LogP contribution in [0.3, 0.4) is 0 Å². The van der Waals surface area contributed by atoms with Crippen LogP contribution in [0.15, 0.2) is 28.7 Å². The summed E-state index contributed by atoms with van der Waals surface area (Å²) in [6.07, 6.45) is 0. The molecule has 0 atom stereocenters. The van der Waals surface area contributed by atoms with Gasteiger partial charge in [-0.3, -0.25) is 24.6 Å². The number of nitro groups is 1. The molecule has 1 aliphatic heterocycles. The second-order valence-electron chi connectivity index (χ2n) is 4.59. The zero-order chi connectivity index (χ0) is 15.3. The summed E-state index contributed by atoms with van der Waals surface area (Å²) in [6, 6.07) is 5.88. The largest absolute Gasteiger partial charge is 0.278 e. The van der Waals surface area contributed by atoms with Gasteiger partial charge in [-0.1, -0.05) is 0 Å². The molecular formula is C14H9BrN2O4. The Hall–Kier alpha value is -2.28. The number of non-ortho nitro benzene ring substituents is 1. The monoisotopic (exact) mass is 348 g/mol. The first-order valence-corrected chi connectivity index (χ1v) is 7.02. The maximum atomic E-state index is 12.4.